The first kappa shape index (κ1) is 18.7. The van der Waals surface area contributed by atoms with Gasteiger partial charge in [0.15, 0.2) is 5.92 Å². The molecular weight excluding hydrogens is 307 g/mol. The number of esters is 2. The Kier molecular flexibility index (Phi) is 7.08. The fraction of sp³-hybridized carbons (Fsp3) is 0.846. The summed E-state index contributed by atoms with van der Waals surface area (Å²) in [5.41, 5.74) is 0. The van der Waals surface area contributed by atoms with Crippen molar-refractivity contribution in [1.29, 1.82) is 0 Å². The first-order valence-corrected chi connectivity index (χ1v) is 7.04. The van der Waals surface area contributed by atoms with Gasteiger partial charge in [0.05, 0.1) is 26.4 Å². The van der Waals surface area contributed by atoms with Crippen LogP contribution in [0.4, 0.5) is 13.2 Å². The first-order valence-electron chi connectivity index (χ1n) is 7.04. The lowest BCUT2D eigenvalue weighted by atomic mass is 9.97. The fourth-order valence-electron chi connectivity index (χ4n) is 2.28. The minimum Gasteiger partial charge on any atom is -0.465 e. The van der Waals surface area contributed by atoms with Crippen molar-refractivity contribution in [2.75, 3.05) is 39.5 Å². The van der Waals surface area contributed by atoms with Gasteiger partial charge in [-0.1, -0.05) is 0 Å². The molecule has 22 heavy (non-hydrogen) atoms. The van der Waals surface area contributed by atoms with Crippen molar-refractivity contribution in [3.8, 4) is 0 Å². The smallest absolute Gasteiger partial charge is 0.405 e. The van der Waals surface area contributed by atoms with Gasteiger partial charge in [0, 0.05) is 13.1 Å². The average molecular weight is 327 g/mol. The van der Waals surface area contributed by atoms with Gasteiger partial charge in [0.2, 0.25) is 0 Å². The molecule has 9 heteroatoms. The maximum absolute atomic E-state index is 13.5. The van der Waals surface area contributed by atoms with Gasteiger partial charge < -0.3 is 14.2 Å². The Bertz CT molecular complexity index is 364. The van der Waals surface area contributed by atoms with Gasteiger partial charge in [0.1, 0.15) is 6.04 Å². The Labute approximate surface area is 126 Å². The number of carbonyl (C=O) groups is 2. The SMILES string of the molecule is CCOC(=O)C(C(=O)OCC)C(N1CCOCC1)C(F)(F)F. The van der Waals surface area contributed by atoms with E-state index < -0.39 is 30.1 Å². The molecule has 0 bridgehead atoms. The standard InChI is InChI=1S/C13H20F3NO5/c1-3-21-11(18)9(12(19)22-4-2)10(13(14,15)16)17-5-7-20-8-6-17/h9-10H,3-8H2,1-2H3. The molecule has 0 N–H and O–H groups in total. The Hall–Kier alpha value is -1.35. The number of hydrogen-bond donors (Lipinski definition) is 0. The fourth-order valence-corrected chi connectivity index (χ4v) is 2.28. The van der Waals surface area contributed by atoms with Gasteiger partial charge in [-0.25, -0.2) is 0 Å². The molecule has 0 aromatic rings. The Balaban J connectivity index is 3.11. The summed E-state index contributed by atoms with van der Waals surface area (Å²) in [7, 11) is 0. The van der Waals surface area contributed by atoms with Crippen LogP contribution in [0.15, 0.2) is 0 Å². The molecule has 0 amide bonds. The molecular formula is C13H20F3NO5. The van der Waals surface area contributed by atoms with E-state index in [0.717, 1.165) is 4.90 Å². The van der Waals surface area contributed by atoms with Crippen LogP contribution >= 0.6 is 0 Å². The molecule has 1 heterocycles. The highest BCUT2D eigenvalue weighted by molar-refractivity contribution is 5.96. The van der Waals surface area contributed by atoms with E-state index in [1.807, 2.05) is 0 Å². The summed E-state index contributed by atoms with van der Waals surface area (Å²) in [6.07, 6.45) is -4.78. The first-order chi connectivity index (χ1) is 10.3. The van der Waals surface area contributed by atoms with E-state index in [-0.39, 0.29) is 39.5 Å². The van der Waals surface area contributed by atoms with Crippen LogP contribution in [-0.4, -0.2) is 68.6 Å². The van der Waals surface area contributed by atoms with Gasteiger partial charge in [-0.05, 0) is 13.8 Å². The summed E-state index contributed by atoms with van der Waals surface area (Å²) in [6.45, 7) is 2.81. The second kappa shape index (κ2) is 8.33. The molecule has 1 saturated heterocycles. The van der Waals surface area contributed by atoms with Crippen molar-refractivity contribution in [3.63, 3.8) is 0 Å². The van der Waals surface area contributed by atoms with Crippen LogP contribution in [0.1, 0.15) is 13.8 Å². The van der Waals surface area contributed by atoms with Crippen LogP contribution in [0, 0.1) is 5.92 Å². The van der Waals surface area contributed by atoms with Gasteiger partial charge in [-0.3, -0.25) is 14.5 Å². The maximum Gasteiger partial charge on any atom is 0.405 e. The van der Waals surface area contributed by atoms with Crippen molar-refractivity contribution in [2.24, 2.45) is 5.92 Å². The predicted octanol–water partition coefficient (Wildman–Crippen LogP) is 0.992. The lowest BCUT2D eigenvalue weighted by Gasteiger charge is -2.37. The highest BCUT2D eigenvalue weighted by atomic mass is 19.4. The molecule has 0 radical (unpaired) electrons. The van der Waals surface area contributed by atoms with E-state index in [9.17, 15) is 22.8 Å². The second-order valence-electron chi connectivity index (χ2n) is 4.62. The Morgan fingerprint density at radius 2 is 1.55 bits per heavy atom. The third-order valence-electron chi connectivity index (χ3n) is 3.17. The summed E-state index contributed by atoms with van der Waals surface area (Å²) >= 11 is 0. The normalized spacial score (nSPS) is 18.1. The van der Waals surface area contributed by atoms with Gasteiger partial charge in [-0.15, -0.1) is 0 Å². The monoisotopic (exact) mass is 327 g/mol. The molecule has 1 aliphatic heterocycles. The lowest BCUT2D eigenvalue weighted by Crippen LogP contribution is -2.58. The van der Waals surface area contributed by atoms with Crippen LogP contribution in [-0.2, 0) is 23.8 Å². The zero-order valence-electron chi connectivity index (χ0n) is 12.5. The number of rotatable bonds is 6. The number of ether oxygens (including phenoxy) is 3. The van der Waals surface area contributed by atoms with Crippen LogP contribution in [0.25, 0.3) is 0 Å². The second-order valence-corrected chi connectivity index (χ2v) is 4.62. The third kappa shape index (κ3) is 4.84. The molecule has 0 aliphatic carbocycles. The van der Waals surface area contributed by atoms with E-state index in [4.69, 9.17) is 4.74 Å². The molecule has 6 nitrogen and oxygen atoms in total. The third-order valence-corrected chi connectivity index (χ3v) is 3.17. The number of hydrogen-bond acceptors (Lipinski definition) is 6. The molecule has 0 aromatic heterocycles. The maximum atomic E-state index is 13.5. The zero-order chi connectivity index (χ0) is 16.8. The topological polar surface area (TPSA) is 65.1 Å². The molecule has 0 aromatic carbocycles. The number of carbonyl (C=O) groups excluding carboxylic acids is 2. The molecule has 128 valence electrons. The number of halogens is 3. The Morgan fingerprint density at radius 1 is 1.09 bits per heavy atom. The number of morpholine rings is 1. The Morgan fingerprint density at radius 3 is 1.91 bits per heavy atom. The van der Waals surface area contributed by atoms with Crippen LogP contribution < -0.4 is 0 Å². The minimum atomic E-state index is -4.78. The minimum absolute atomic E-state index is 0.0283. The van der Waals surface area contributed by atoms with Gasteiger partial charge >= 0.3 is 18.1 Å². The van der Waals surface area contributed by atoms with Crippen molar-refractivity contribution < 1.29 is 37.0 Å². The molecule has 1 unspecified atom stereocenters. The van der Waals surface area contributed by atoms with Crippen molar-refractivity contribution >= 4 is 11.9 Å². The summed E-state index contributed by atoms with van der Waals surface area (Å²) in [4.78, 5) is 24.8. The molecule has 1 rings (SSSR count). The quantitative estimate of drug-likeness (QED) is 0.535. The summed E-state index contributed by atoms with van der Waals surface area (Å²) in [6, 6.07) is -2.28. The number of nitrogens with zero attached hydrogens (tertiary/aromatic N) is 1. The van der Waals surface area contributed by atoms with Crippen molar-refractivity contribution in [3.05, 3.63) is 0 Å². The van der Waals surface area contributed by atoms with Gasteiger partial charge in [0.25, 0.3) is 0 Å². The highest BCUT2D eigenvalue weighted by Gasteiger charge is 2.55. The summed E-state index contributed by atoms with van der Waals surface area (Å²) < 4.78 is 54.7. The molecule has 0 spiro atoms. The number of alkyl halides is 3. The molecule has 1 fully saturated rings. The van der Waals surface area contributed by atoms with E-state index in [1.165, 1.54) is 13.8 Å². The van der Waals surface area contributed by atoms with E-state index in [0.29, 0.717) is 0 Å². The predicted molar refractivity (Wildman–Crippen MR) is 69.0 cm³/mol. The van der Waals surface area contributed by atoms with Crippen LogP contribution in [0.3, 0.4) is 0 Å². The largest absolute Gasteiger partial charge is 0.465 e. The van der Waals surface area contributed by atoms with E-state index >= 15 is 0 Å². The van der Waals surface area contributed by atoms with Crippen molar-refractivity contribution in [2.45, 2.75) is 26.1 Å². The zero-order valence-corrected chi connectivity index (χ0v) is 12.5. The average Bonchev–Trinajstić information content (AvgIpc) is 2.44. The summed E-state index contributed by atoms with van der Waals surface area (Å²) in [5.74, 6) is -4.51. The lowest BCUT2D eigenvalue weighted by molar-refractivity contribution is -0.217. The van der Waals surface area contributed by atoms with Crippen LogP contribution in [0.2, 0.25) is 0 Å². The molecule has 1 aliphatic rings. The molecule has 1 atom stereocenters. The summed E-state index contributed by atoms with van der Waals surface area (Å²) in [5, 5.41) is 0. The highest BCUT2D eigenvalue weighted by Crippen LogP contribution is 2.32. The molecule has 0 saturated carbocycles. The van der Waals surface area contributed by atoms with Crippen molar-refractivity contribution in [1.82, 2.24) is 4.90 Å². The van der Waals surface area contributed by atoms with Crippen LogP contribution in [0.5, 0.6) is 0 Å². The van der Waals surface area contributed by atoms with E-state index in [2.05, 4.69) is 9.47 Å². The van der Waals surface area contributed by atoms with E-state index in [1.54, 1.807) is 0 Å². The van der Waals surface area contributed by atoms with Gasteiger partial charge in [-0.2, -0.15) is 13.2 Å².